The van der Waals surface area contributed by atoms with Crippen LogP contribution in [-0.2, 0) is 10.0 Å². The molecule has 1 aliphatic carbocycles. The fourth-order valence-corrected chi connectivity index (χ4v) is 4.44. The van der Waals surface area contributed by atoms with Crippen LogP contribution in [0.25, 0.3) is 0 Å². The molecule has 2 aliphatic rings. The molecule has 21 heavy (non-hydrogen) atoms. The molecule has 1 saturated heterocycles. The van der Waals surface area contributed by atoms with Crippen LogP contribution in [0.2, 0.25) is 5.02 Å². The van der Waals surface area contributed by atoms with Crippen LogP contribution in [0.4, 0.5) is 5.69 Å². The first-order valence-electron chi connectivity index (χ1n) is 6.95. The number of nitrogens with zero attached hydrogens (tertiary/aromatic N) is 2. The van der Waals surface area contributed by atoms with E-state index < -0.39 is 10.0 Å². The second-order valence-electron chi connectivity index (χ2n) is 5.57. The number of sulfonamides is 1. The Morgan fingerprint density at radius 3 is 2.71 bits per heavy atom. The van der Waals surface area contributed by atoms with Crippen molar-refractivity contribution >= 4 is 27.3 Å². The topological polar surface area (TPSA) is 73.2 Å². The van der Waals surface area contributed by atoms with E-state index in [0.717, 1.165) is 18.5 Å². The van der Waals surface area contributed by atoms with Crippen molar-refractivity contribution in [3.05, 3.63) is 28.8 Å². The van der Waals surface area contributed by atoms with Crippen LogP contribution in [0.1, 0.15) is 24.8 Å². The van der Waals surface area contributed by atoms with E-state index in [-0.39, 0.29) is 11.3 Å². The second-order valence-corrected chi connectivity index (χ2v) is 7.97. The van der Waals surface area contributed by atoms with E-state index in [9.17, 15) is 8.42 Å². The first-order chi connectivity index (χ1) is 9.99. The highest BCUT2D eigenvalue weighted by Crippen LogP contribution is 2.29. The van der Waals surface area contributed by atoms with Crippen molar-refractivity contribution < 1.29 is 8.42 Å². The van der Waals surface area contributed by atoms with Gasteiger partial charge >= 0.3 is 0 Å². The summed E-state index contributed by atoms with van der Waals surface area (Å²) in [5.74, 6) is 0. The summed E-state index contributed by atoms with van der Waals surface area (Å²) in [6, 6.07) is 7.37. The molecule has 0 amide bonds. The third kappa shape index (κ3) is 3.15. The fraction of sp³-hybridized carbons (Fsp3) is 0.500. The Hall–Kier alpha value is -1.29. The molecule has 0 radical (unpaired) electrons. The summed E-state index contributed by atoms with van der Waals surface area (Å²) in [5, 5.41) is 8.90. The molecule has 1 N–H and O–H groups in total. The maximum absolute atomic E-state index is 12.2. The van der Waals surface area contributed by atoms with Gasteiger partial charge in [0, 0.05) is 24.8 Å². The second kappa shape index (κ2) is 5.48. The highest BCUT2D eigenvalue weighted by atomic mass is 35.5. The summed E-state index contributed by atoms with van der Waals surface area (Å²) in [6.07, 6.45) is 2.50. The predicted octanol–water partition coefficient (Wildman–Crippen LogP) is 1.87. The fourth-order valence-electron chi connectivity index (χ4n) is 2.54. The van der Waals surface area contributed by atoms with Gasteiger partial charge in [-0.25, -0.2) is 13.1 Å². The minimum Gasteiger partial charge on any atom is -0.370 e. The highest BCUT2D eigenvalue weighted by Gasteiger charge is 2.36. The van der Waals surface area contributed by atoms with Crippen LogP contribution < -0.4 is 9.62 Å². The zero-order valence-electron chi connectivity index (χ0n) is 11.4. The van der Waals surface area contributed by atoms with Gasteiger partial charge < -0.3 is 4.90 Å². The molecule has 7 heteroatoms. The van der Waals surface area contributed by atoms with Crippen LogP contribution in [0.15, 0.2) is 18.2 Å². The maximum Gasteiger partial charge on any atom is 0.216 e. The molecule has 1 aromatic carbocycles. The van der Waals surface area contributed by atoms with Crippen LogP contribution in [-0.4, -0.2) is 32.8 Å². The molecule has 0 spiro atoms. The lowest BCUT2D eigenvalue weighted by molar-refractivity contribution is 0.568. The van der Waals surface area contributed by atoms with Crippen molar-refractivity contribution in [2.24, 2.45) is 0 Å². The Kier molecular flexibility index (Phi) is 3.82. The maximum atomic E-state index is 12.2. The van der Waals surface area contributed by atoms with Gasteiger partial charge in [0.25, 0.3) is 0 Å². The van der Waals surface area contributed by atoms with Gasteiger partial charge in [0.1, 0.15) is 6.07 Å². The summed E-state index contributed by atoms with van der Waals surface area (Å²) in [6.45, 7) is 1.14. The molecule has 1 saturated carbocycles. The van der Waals surface area contributed by atoms with Gasteiger partial charge in [-0.15, -0.1) is 0 Å². The lowest BCUT2D eigenvalue weighted by Gasteiger charge is -2.19. The molecule has 0 aromatic heterocycles. The lowest BCUT2D eigenvalue weighted by atomic mass is 10.2. The summed E-state index contributed by atoms with van der Waals surface area (Å²) < 4.78 is 27.2. The number of halogens is 1. The summed E-state index contributed by atoms with van der Waals surface area (Å²) in [5.41, 5.74) is 1.29. The highest BCUT2D eigenvalue weighted by molar-refractivity contribution is 7.90. The zero-order chi connectivity index (χ0) is 15.0. The standard InChI is InChI=1S/C14H16ClN3O2S/c15-14-7-12(4-1-10(14)8-16)18-6-5-13(9-18)21(19,20)17-11-2-3-11/h1,4,7,11,13,17H,2-3,5-6,9H2. The van der Waals surface area contributed by atoms with Crippen molar-refractivity contribution in [2.75, 3.05) is 18.0 Å². The molecule has 1 heterocycles. The molecule has 1 aliphatic heterocycles. The Morgan fingerprint density at radius 2 is 2.10 bits per heavy atom. The van der Waals surface area contributed by atoms with E-state index in [1.165, 1.54) is 0 Å². The zero-order valence-corrected chi connectivity index (χ0v) is 13.0. The molecular weight excluding hydrogens is 310 g/mol. The van der Waals surface area contributed by atoms with Gasteiger partial charge in [0.15, 0.2) is 0 Å². The quantitative estimate of drug-likeness (QED) is 0.917. The summed E-state index contributed by atoms with van der Waals surface area (Å²) >= 11 is 6.03. The average molecular weight is 326 g/mol. The molecular formula is C14H16ClN3O2S. The summed E-state index contributed by atoms with van der Waals surface area (Å²) in [4.78, 5) is 2.00. The Morgan fingerprint density at radius 1 is 1.33 bits per heavy atom. The number of rotatable bonds is 4. The summed E-state index contributed by atoms with van der Waals surface area (Å²) in [7, 11) is -3.24. The van der Waals surface area contributed by atoms with E-state index in [0.29, 0.717) is 30.1 Å². The largest absolute Gasteiger partial charge is 0.370 e. The van der Waals surface area contributed by atoms with Crippen LogP contribution in [0.3, 0.4) is 0 Å². The smallest absolute Gasteiger partial charge is 0.216 e. The van der Waals surface area contributed by atoms with Gasteiger partial charge in [-0.05, 0) is 37.5 Å². The van der Waals surface area contributed by atoms with E-state index in [2.05, 4.69) is 4.72 Å². The Bertz CT molecular complexity index is 695. The van der Waals surface area contributed by atoms with Crippen LogP contribution >= 0.6 is 11.6 Å². The molecule has 2 fully saturated rings. The Balaban J connectivity index is 1.72. The number of anilines is 1. The third-order valence-corrected chi connectivity index (χ3v) is 6.17. The van der Waals surface area contributed by atoms with Crippen molar-refractivity contribution in [2.45, 2.75) is 30.6 Å². The molecule has 5 nitrogen and oxygen atoms in total. The van der Waals surface area contributed by atoms with Gasteiger partial charge in [-0.2, -0.15) is 5.26 Å². The lowest BCUT2D eigenvalue weighted by Crippen LogP contribution is -2.37. The number of nitriles is 1. The number of nitrogens with one attached hydrogen (secondary N) is 1. The Labute approximate surface area is 129 Å². The van der Waals surface area contributed by atoms with E-state index in [1.54, 1.807) is 12.1 Å². The van der Waals surface area contributed by atoms with E-state index >= 15 is 0 Å². The minimum absolute atomic E-state index is 0.147. The van der Waals surface area contributed by atoms with Gasteiger partial charge in [-0.3, -0.25) is 0 Å². The van der Waals surface area contributed by atoms with Gasteiger partial charge in [0.2, 0.25) is 10.0 Å². The molecule has 112 valence electrons. The predicted molar refractivity (Wildman–Crippen MR) is 81.9 cm³/mol. The van der Waals surface area contributed by atoms with E-state index in [1.807, 2.05) is 17.0 Å². The van der Waals surface area contributed by atoms with Crippen molar-refractivity contribution in [1.29, 1.82) is 5.26 Å². The normalized spacial score (nSPS) is 22.3. The molecule has 1 unspecified atom stereocenters. The molecule has 3 rings (SSSR count). The number of hydrogen-bond donors (Lipinski definition) is 1. The molecule has 1 aromatic rings. The SMILES string of the molecule is N#Cc1ccc(N2CCC(S(=O)(=O)NC3CC3)C2)cc1Cl. The van der Waals surface area contributed by atoms with Crippen molar-refractivity contribution in [1.82, 2.24) is 4.72 Å². The van der Waals surface area contributed by atoms with E-state index in [4.69, 9.17) is 16.9 Å². The third-order valence-electron chi connectivity index (χ3n) is 3.93. The van der Waals surface area contributed by atoms with Gasteiger partial charge in [-0.1, -0.05) is 11.6 Å². The van der Waals surface area contributed by atoms with Crippen LogP contribution in [0.5, 0.6) is 0 Å². The molecule has 1 atom stereocenters. The minimum atomic E-state index is -3.24. The monoisotopic (exact) mass is 325 g/mol. The number of benzene rings is 1. The first kappa shape index (κ1) is 14.6. The van der Waals surface area contributed by atoms with Crippen LogP contribution in [0, 0.1) is 11.3 Å². The molecule has 0 bridgehead atoms. The van der Waals surface area contributed by atoms with Crippen molar-refractivity contribution in [3.63, 3.8) is 0 Å². The first-order valence-corrected chi connectivity index (χ1v) is 8.88. The van der Waals surface area contributed by atoms with Crippen molar-refractivity contribution in [3.8, 4) is 6.07 Å². The average Bonchev–Trinajstić information content (AvgIpc) is 3.08. The number of hydrogen-bond acceptors (Lipinski definition) is 4. The van der Waals surface area contributed by atoms with Gasteiger partial charge in [0.05, 0.1) is 15.8 Å².